The maximum Gasteiger partial charge on any atom is 2.00 e. The van der Waals surface area contributed by atoms with E-state index in [4.69, 9.17) is 0 Å². The number of rotatable bonds is 0. The van der Waals surface area contributed by atoms with Crippen LogP contribution >= 0.6 is 12.4 Å². The minimum absolute atomic E-state index is 0. The van der Waals surface area contributed by atoms with Gasteiger partial charge in [-0.2, -0.15) is 12.2 Å². The summed E-state index contributed by atoms with van der Waals surface area (Å²) in [7, 11) is 0. The summed E-state index contributed by atoms with van der Waals surface area (Å²) in [5.41, 5.74) is 2.55. The van der Waals surface area contributed by atoms with Crippen LogP contribution < -0.4 is 0 Å². The molecule has 14 heavy (non-hydrogen) atoms. The van der Waals surface area contributed by atoms with Crippen molar-refractivity contribution in [2.45, 2.75) is 26.7 Å². The van der Waals surface area contributed by atoms with Crippen LogP contribution in [0.15, 0.2) is 35.5 Å². The van der Waals surface area contributed by atoms with Gasteiger partial charge in [0.25, 0.3) is 0 Å². The second kappa shape index (κ2) is 9.52. The molecule has 0 saturated carbocycles. The van der Waals surface area contributed by atoms with Crippen LogP contribution in [0, 0.1) is 12.2 Å². The van der Waals surface area contributed by atoms with E-state index in [0.29, 0.717) is 0 Å². The van der Waals surface area contributed by atoms with E-state index in [1.165, 1.54) is 11.1 Å². The standard InChI is InChI=1S/2C6H7.ClH.Ti.H/c2*1-6-4-2-3-5-6;;;/h2*2,4H,3H2,1H3;1H;;/q2*-1;;+2;-1. The zero-order valence-corrected chi connectivity index (χ0v) is 11.0. The Kier molecular flexibility index (Phi) is 11.1. The van der Waals surface area contributed by atoms with Crippen molar-refractivity contribution in [1.82, 2.24) is 0 Å². The average molecular weight is 244 g/mol. The van der Waals surface area contributed by atoms with E-state index in [9.17, 15) is 0 Å². The van der Waals surface area contributed by atoms with E-state index in [1.807, 2.05) is 0 Å². The van der Waals surface area contributed by atoms with Crippen molar-refractivity contribution in [3.05, 3.63) is 47.6 Å². The van der Waals surface area contributed by atoms with Gasteiger partial charge >= 0.3 is 21.7 Å². The van der Waals surface area contributed by atoms with Gasteiger partial charge in [0.15, 0.2) is 0 Å². The van der Waals surface area contributed by atoms with Crippen molar-refractivity contribution in [1.29, 1.82) is 0 Å². The monoisotopic (exact) mass is 243 g/mol. The van der Waals surface area contributed by atoms with E-state index in [-0.39, 0.29) is 35.6 Å². The van der Waals surface area contributed by atoms with Gasteiger partial charge < -0.3 is 1.43 Å². The third kappa shape index (κ3) is 7.38. The molecule has 0 nitrogen and oxygen atoms in total. The van der Waals surface area contributed by atoms with Gasteiger partial charge in [-0.15, -0.1) is 25.2 Å². The Bertz CT molecular complexity index is 231. The predicted molar refractivity (Wildman–Crippen MR) is 60.7 cm³/mol. The van der Waals surface area contributed by atoms with E-state index in [1.54, 1.807) is 0 Å². The van der Waals surface area contributed by atoms with Gasteiger partial charge in [-0.05, 0) is 0 Å². The molecule has 0 N–H and O–H groups in total. The molecule has 0 spiro atoms. The maximum atomic E-state index is 3.12. The second-order valence-electron chi connectivity index (χ2n) is 2.93. The fourth-order valence-electron chi connectivity index (χ4n) is 1.03. The summed E-state index contributed by atoms with van der Waals surface area (Å²) in [6, 6.07) is 0. The van der Waals surface area contributed by atoms with Crippen molar-refractivity contribution in [2.24, 2.45) is 0 Å². The first kappa shape index (κ1) is 16.4. The zero-order valence-electron chi connectivity index (χ0n) is 9.63. The molecule has 2 aliphatic rings. The SMILES string of the molecule is CC1=[C-]CC=C1.CC1=[C-]CC=C1.Cl.[H-].[Ti+2]. The van der Waals surface area contributed by atoms with Gasteiger partial charge in [-0.25, -0.2) is 23.3 Å². The zero-order chi connectivity index (χ0) is 8.81. The Morgan fingerprint density at radius 2 is 1.36 bits per heavy atom. The molecule has 0 bridgehead atoms. The molecule has 0 atom stereocenters. The molecule has 0 aromatic rings. The molecule has 2 aliphatic carbocycles. The molecule has 0 fully saturated rings. The molecule has 2 heteroatoms. The van der Waals surface area contributed by atoms with Crippen molar-refractivity contribution in [3.8, 4) is 0 Å². The Labute approximate surface area is 110 Å². The third-order valence-electron chi connectivity index (χ3n) is 1.73. The molecule has 76 valence electrons. The van der Waals surface area contributed by atoms with Crippen molar-refractivity contribution in [2.75, 3.05) is 0 Å². The molecular formula is C12H16ClTi-. The average Bonchev–Trinajstić information content (AvgIpc) is 2.63. The van der Waals surface area contributed by atoms with Crippen LogP contribution in [-0.4, -0.2) is 0 Å². The summed E-state index contributed by atoms with van der Waals surface area (Å²) >= 11 is 0. The minimum atomic E-state index is 0. The molecule has 0 amide bonds. The van der Waals surface area contributed by atoms with Gasteiger partial charge in [-0.3, -0.25) is 12.2 Å². The number of hydrogen-bond donors (Lipinski definition) is 0. The largest absolute Gasteiger partial charge is 2.00 e. The molecular weight excluding hydrogens is 227 g/mol. The number of halogens is 1. The Morgan fingerprint density at radius 3 is 1.43 bits per heavy atom. The Balaban J connectivity index is -0.000000160. The van der Waals surface area contributed by atoms with E-state index in [2.05, 4.69) is 50.3 Å². The summed E-state index contributed by atoms with van der Waals surface area (Å²) in [4.78, 5) is 0. The minimum Gasteiger partial charge on any atom is -1.00 e. The fourth-order valence-corrected chi connectivity index (χ4v) is 1.03. The van der Waals surface area contributed by atoms with Crippen LogP contribution in [0.5, 0.6) is 0 Å². The van der Waals surface area contributed by atoms with Crippen LogP contribution in [0.1, 0.15) is 28.1 Å². The molecule has 0 unspecified atom stereocenters. The van der Waals surface area contributed by atoms with Gasteiger partial charge in [0.1, 0.15) is 0 Å². The van der Waals surface area contributed by atoms with Crippen LogP contribution in [-0.2, 0) is 21.7 Å². The van der Waals surface area contributed by atoms with Gasteiger partial charge in [0.05, 0.1) is 0 Å². The topological polar surface area (TPSA) is 0 Å². The first-order valence-corrected chi connectivity index (χ1v) is 4.27. The second-order valence-corrected chi connectivity index (χ2v) is 2.93. The molecule has 0 aromatic heterocycles. The summed E-state index contributed by atoms with van der Waals surface area (Å²) in [5, 5.41) is 0. The Hall–Kier alpha value is -0.0357. The predicted octanol–water partition coefficient (Wildman–Crippen LogP) is 3.92. The quantitative estimate of drug-likeness (QED) is 0.447. The van der Waals surface area contributed by atoms with Gasteiger partial charge in [0.2, 0.25) is 0 Å². The van der Waals surface area contributed by atoms with Gasteiger partial charge in [0, 0.05) is 0 Å². The number of allylic oxidation sites excluding steroid dienone is 8. The van der Waals surface area contributed by atoms with Crippen LogP contribution in [0.4, 0.5) is 0 Å². The molecule has 0 saturated heterocycles. The Morgan fingerprint density at radius 1 is 1.00 bits per heavy atom. The van der Waals surface area contributed by atoms with Crippen molar-refractivity contribution in [3.63, 3.8) is 0 Å². The molecule has 2 rings (SSSR count). The van der Waals surface area contributed by atoms with Crippen molar-refractivity contribution < 1.29 is 23.1 Å². The smallest absolute Gasteiger partial charge is 1.00 e. The van der Waals surface area contributed by atoms with Crippen LogP contribution in [0.3, 0.4) is 0 Å². The molecule has 0 heterocycles. The number of hydrogen-bond acceptors (Lipinski definition) is 0. The molecule has 0 aromatic carbocycles. The van der Waals surface area contributed by atoms with Crippen LogP contribution in [0.25, 0.3) is 0 Å². The van der Waals surface area contributed by atoms with E-state index >= 15 is 0 Å². The summed E-state index contributed by atoms with van der Waals surface area (Å²) in [6.07, 6.45) is 16.7. The molecule has 0 radical (unpaired) electrons. The normalized spacial score (nSPS) is 15.9. The van der Waals surface area contributed by atoms with E-state index < -0.39 is 0 Å². The first-order valence-electron chi connectivity index (χ1n) is 4.27. The first-order chi connectivity index (χ1) is 5.79. The maximum absolute atomic E-state index is 3.12. The third-order valence-corrected chi connectivity index (χ3v) is 1.73. The van der Waals surface area contributed by atoms with Crippen LogP contribution in [0.2, 0.25) is 0 Å². The summed E-state index contributed by atoms with van der Waals surface area (Å²) < 4.78 is 0. The summed E-state index contributed by atoms with van der Waals surface area (Å²) in [6.45, 7) is 4.12. The van der Waals surface area contributed by atoms with Gasteiger partial charge in [-0.1, -0.05) is 13.8 Å². The fraction of sp³-hybridized carbons (Fsp3) is 0.333. The van der Waals surface area contributed by atoms with Crippen molar-refractivity contribution >= 4 is 12.4 Å². The molecule has 0 aliphatic heterocycles. The summed E-state index contributed by atoms with van der Waals surface area (Å²) in [5.74, 6) is 0. The van der Waals surface area contributed by atoms with E-state index in [0.717, 1.165) is 12.8 Å².